The first-order valence-corrected chi connectivity index (χ1v) is 6.49. The summed E-state index contributed by atoms with van der Waals surface area (Å²) in [7, 11) is 1.78. The number of anilines is 1. The first-order chi connectivity index (χ1) is 8.61. The van der Waals surface area contributed by atoms with Gasteiger partial charge < -0.3 is 10.6 Å². The molecule has 1 atom stereocenters. The number of aromatic nitrogens is 1. The molecule has 94 valence electrons. The number of pyridine rings is 1. The smallest absolute Gasteiger partial charge is 0.266 e. The van der Waals surface area contributed by atoms with Crippen LogP contribution in [0.15, 0.2) is 36.0 Å². The molecule has 0 aliphatic carbocycles. The lowest BCUT2D eigenvalue weighted by molar-refractivity contribution is 0.0748. The number of nitrogen functional groups attached to an aromatic ring is 1. The Morgan fingerprint density at radius 2 is 2.06 bits per heavy atom. The van der Waals surface area contributed by atoms with Gasteiger partial charge in [-0.25, -0.2) is 0 Å². The molecule has 4 nitrogen and oxygen atoms in total. The van der Waals surface area contributed by atoms with Gasteiger partial charge in [-0.1, -0.05) is 0 Å². The average molecular weight is 261 g/mol. The zero-order chi connectivity index (χ0) is 13.1. The maximum Gasteiger partial charge on any atom is 0.266 e. The Morgan fingerprint density at radius 1 is 1.39 bits per heavy atom. The highest BCUT2D eigenvalue weighted by molar-refractivity contribution is 7.12. The number of hydrogen-bond acceptors (Lipinski definition) is 4. The summed E-state index contributed by atoms with van der Waals surface area (Å²) >= 11 is 1.37. The van der Waals surface area contributed by atoms with Gasteiger partial charge in [0.1, 0.15) is 4.88 Å². The van der Waals surface area contributed by atoms with E-state index in [0.717, 1.165) is 5.56 Å². The van der Waals surface area contributed by atoms with Crippen LogP contribution >= 0.6 is 11.3 Å². The van der Waals surface area contributed by atoms with Crippen LogP contribution in [0.1, 0.15) is 28.2 Å². The fourth-order valence-corrected chi connectivity index (χ4v) is 2.49. The Bertz CT molecular complexity index is 538. The summed E-state index contributed by atoms with van der Waals surface area (Å²) in [5.74, 6) is -0.0492. The molecule has 0 aliphatic heterocycles. The molecule has 18 heavy (non-hydrogen) atoms. The molecule has 5 heteroatoms. The molecule has 2 aromatic heterocycles. The number of carbonyl (C=O) groups is 1. The third-order valence-corrected chi connectivity index (χ3v) is 3.90. The summed E-state index contributed by atoms with van der Waals surface area (Å²) in [6.07, 6.45) is 3.45. The lowest BCUT2D eigenvalue weighted by Crippen LogP contribution is -2.29. The van der Waals surface area contributed by atoms with Crippen molar-refractivity contribution in [1.82, 2.24) is 9.88 Å². The maximum atomic E-state index is 12.3. The molecule has 2 aromatic rings. The van der Waals surface area contributed by atoms with Gasteiger partial charge in [-0.3, -0.25) is 9.78 Å². The minimum absolute atomic E-state index is 0.0120. The Balaban J connectivity index is 2.20. The molecule has 0 bridgehead atoms. The standard InChI is InChI=1S/C13H15N3OS/c1-9(10-3-6-15-7-4-10)16(2)13(17)12-11(14)5-8-18-12/h3-9H,14H2,1-2H3. The first-order valence-electron chi connectivity index (χ1n) is 5.61. The number of hydrogen-bond donors (Lipinski definition) is 1. The zero-order valence-electron chi connectivity index (χ0n) is 10.3. The second kappa shape index (κ2) is 5.18. The molecule has 0 aromatic carbocycles. The zero-order valence-corrected chi connectivity index (χ0v) is 11.1. The van der Waals surface area contributed by atoms with E-state index in [0.29, 0.717) is 10.6 Å². The topological polar surface area (TPSA) is 59.2 Å². The molecular formula is C13H15N3OS. The van der Waals surface area contributed by atoms with E-state index in [4.69, 9.17) is 5.73 Å². The van der Waals surface area contributed by atoms with Gasteiger partial charge in [0.05, 0.1) is 11.7 Å². The van der Waals surface area contributed by atoms with Crippen LogP contribution in [0, 0.1) is 0 Å². The van der Waals surface area contributed by atoms with Crippen molar-refractivity contribution in [1.29, 1.82) is 0 Å². The summed E-state index contributed by atoms with van der Waals surface area (Å²) in [6.45, 7) is 1.98. The van der Waals surface area contributed by atoms with Gasteiger partial charge in [0.2, 0.25) is 0 Å². The normalized spacial score (nSPS) is 12.1. The van der Waals surface area contributed by atoms with Crippen molar-refractivity contribution >= 4 is 22.9 Å². The van der Waals surface area contributed by atoms with E-state index < -0.39 is 0 Å². The summed E-state index contributed by atoms with van der Waals surface area (Å²) in [4.78, 5) is 18.5. The van der Waals surface area contributed by atoms with Gasteiger partial charge >= 0.3 is 0 Å². The molecule has 2 heterocycles. The van der Waals surface area contributed by atoms with Crippen LogP contribution in [-0.2, 0) is 0 Å². The molecule has 2 rings (SSSR count). The van der Waals surface area contributed by atoms with Gasteiger partial charge in [0, 0.05) is 19.4 Å². The van der Waals surface area contributed by atoms with E-state index >= 15 is 0 Å². The quantitative estimate of drug-likeness (QED) is 0.923. The van der Waals surface area contributed by atoms with Gasteiger partial charge in [-0.05, 0) is 36.1 Å². The predicted molar refractivity (Wildman–Crippen MR) is 73.5 cm³/mol. The third-order valence-electron chi connectivity index (χ3n) is 2.98. The minimum atomic E-state index is -0.0492. The Hall–Kier alpha value is -1.88. The van der Waals surface area contributed by atoms with E-state index in [1.165, 1.54) is 11.3 Å². The summed E-state index contributed by atoms with van der Waals surface area (Å²) < 4.78 is 0. The molecule has 0 aliphatic rings. The van der Waals surface area contributed by atoms with Crippen LogP contribution < -0.4 is 5.73 Å². The molecule has 0 fully saturated rings. The number of nitrogens with zero attached hydrogens (tertiary/aromatic N) is 2. The Kier molecular flexibility index (Phi) is 3.62. The van der Waals surface area contributed by atoms with E-state index in [-0.39, 0.29) is 11.9 Å². The number of thiophene rings is 1. The summed E-state index contributed by atoms with van der Waals surface area (Å²) in [6, 6.07) is 5.56. The second-order valence-electron chi connectivity index (χ2n) is 4.08. The Morgan fingerprint density at radius 3 is 2.61 bits per heavy atom. The van der Waals surface area contributed by atoms with Crippen molar-refractivity contribution < 1.29 is 4.79 Å². The van der Waals surface area contributed by atoms with Gasteiger partial charge in [0.15, 0.2) is 0 Å². The monoisotopic (exact) mass is 261 g/mol. The van der Waals surface area contributed by atoms with Crippen molar-refractivity contribution in [2.75, 3.05) is 12.8 Å². The second-order valence-corrected chi connectivity index (χ2v) is 4.99. The van der Waals surface area contributed by atoms with Crippen LogP contribution in [0.3, 0.4) is 0 Å². The fourth-order valence-electron chi connectivity index (χ4n) is 1.69. The Labute approximate surface area is 110 Å². The number of rotatable bonds is 3. The summed E-state index contributed by atoms with van der Waals surface area (Å²) in [5.41, 5.74) is 7.36. The van der Waals surface area contributed by atoms with Gasteiger partial charge in [-0.15, -0.1) is 11.3 Å². The van der Waals surface area contributed by atoms with Crippen molar-refractivity contribution in [3.63, 3.8) is 0 Å². The number of nitrogens with two attached hydrogens (primary N) is 1. The largest absolute Gasteiger partial charge is 0.397 e. The van der Waals surface area contributed by atoms with Crippen molar-refractivity contribution in [2.45, 2.75) is 13.0 Å². The maximum absolute atomic E-state index is 12.3. The van der Waals surface area contributed by atoms with Gasteiger partial charge in [-0.2, -0.15) is 0 Å². The highest BCUT2D eigenvalue weighted by atomic mass is 32.1. The summed E-state index contributed by atoms with van der Waals surface area (Å²) in [5, 5.41) is 1.83. The predicted octanol–water partition coefficient (Wildman–Crippen LogP) is 2.56. The van der Waals surface area contributed by atoms with Crippen LogP contribution in [0.25, 0.3) is 0 Å². The SMILES string of the molecule is CC(c1ccncc1)N(C)C(=O)c1sccc1N. The molecule has 0 radical (unpaired) electrons. The molecule has 1 unspecified atom stereocenters. The fraction of sp³-hybridized carbons (Fsp3) is 0.231. The van der Waals surface area contributed by atoms with Crippen LogP contribution in [0.4, 0.5) is 5.69 Å². The van der Waals surface area contributed by atoms with E-state index in [1.54, 1.807) is 30.4 Å². The number of amides is 1. The molecule has 0 saturated carbocycles. The lowest BCUT2D eigenvalue weighted by atomic mass is 10.1. The van der Waals surface area contributed by atoms with Crippen LogP contribution in [0.5, 0.6) is 0 Å². The van der Waals surface area contributed by atoms with E-state index in [2.05, 4.69) is 4.98 Å². The number of carbonyl (C=O) groups excluding carboxylic acids is 1. The van der Waals surface area contributed by atoms with Crippen LogP contribution in [-0.4, -0.2) is 22.8 Å². The molecular weight excluding hydrogens is 246 g/mol. The van der Waals surface area contributed by atoms with E-state index in [9.17, 15) is 4.79 Å². The molecule has 0 saturated heterocycles. The van der Waals surface area contributed by atoms with Crippen molar-refractivity contribution in [3.8, 4) is 0 Å². The van der Waals surface area contributed by atoms with E-state index in [1.807, 2.05) is 24.4 Å². The average Bonchev–Trinajstić information content (AvgIpc) is 2.83. The third kappa shape index (κ3) is 2.36. The van der Waals surface area contributed by atoms with Crippen molar-refractivity contribution in [2.24, 2.45) is 0 Å². The molecule has 2 N–H and O–H groups in total. The van der Waals surface area contributed by atoms with Crippen molar-refractivity contribution in [3.05, 3.63) is 46.4 Å². The first kappa shape index (κ1) is 12.6. The molecule has 0 spiro atoms. The highest BCUT2D eigenvalue weighted by Crippen LogP contribution is 2.25. The minimum Gasteiger partial charge on any atom is -0.397 e. The lowest BCUT2D eigenvalue weighted by Gasteiger charge is -2.25. The highest BCUT2D eigenvalue weighted by Gasteiger charge is 2.21. The van der Waals surface area contributed by atoms with Gasteiger partial charge in [0.25, 0.3) is 5.91 Å². The molecule has 1 amide bonds. The van der Waals surface area contributed by atoms with Crippen LogP contribution in [0.2, 0.25) is 0 Å².